The summed E-state index contributed by atoms with van der Waals surface area (Å²) < 4.78 is 5.76. The summed E-state index contributed by atoms with van der Waals surface area (Å²) in [7, 11) is 0. The molecule has 0 spiro atoms. The molecule has 1 heterocycles. The molecule has 72 valence electrons. The number of carbonyl (C=O) groups is 1. The van der Waals surface area contributed by atoms with Gasteiger partial charge in [0.2, 0.25) is 0 Å². The summed E-state index contributed by atoms with van der Waals surface area (Å²) in [5.41, 5.74) is 1.45. The van der Waals surface area contributed by atoms with Crippen LogP contribution >= 0.6 is 11.3 Å². The molecule has 1 aromatic carbocycles. The fourth-order valence-electron chi connectivity index (χ4n) is 1.31. The maximum Gasteiger partial charge on any atom is 0.396 e. The standard InChI is InChI=1S/C10H8O3S/c1-6(11)4-7-2-3-9-8(5-7)13-10(12)14-9/h2-3,5H,4H2,1H3. The van der Waals surface area contributed by atoms with E-state index in [0.717, 1.165) is 21.6 Å². The van der Waals surface area contributed by atoms with Gasteiger partial charge in [-0.2, -0.15) is 0 Å². The first-order valence-corrected chi connectivity index (χ1v) is 4.99. The lowest BCUT2D eigenvalue weighted by molar-refractivity contribution is -0.116. The summed E-state index contributed by atoms with van der Waals surface area (Å²) >= 11 is 1.07. The zero-order valence-corrected chi connectivity index (χ0v) is 8.39. The van der Waals surface area contributed by atoms with E-state index in [-0.39, 0.29) is 10.7 Å². The molecular weight excluding hydrogens is 200 g/mol. The molecule has 0 atom stereocenters. The smallest absolute Gasteiger partial charge is 0.396 e. The van der Waals surface area contributed by atoms with Crippen LogP contribution in [-0.2, 0) is 11.2 Å². The van der Waals surface area contributed by atoms with Crippen LogP contribution in [0.5, 0.6) is 0 Å². The molecule has 0 unspecified atom stereocenters. The van der Waals surface area contributed by atoms with Gasteiger partial charge in [0.05, 0.1) is 4.70 Å². The molecule has 0 aliphatic carbocycles. The molecule has 0 bridgehead atoms. The first kappa shape index (κ1) is 9.15. The van der Waals surface area contributed by atoms with E-state index in [1.165, 1.54) is 6.92 Å². The van der Waals surface area contributed by atoms with Crippen molar-refractivity contribution in [2.75, 3.05) is 0 Å². The highest BCUT2D eigenvalue weighted by atomic mass is 32.1. The quantitative estimate of drug-likeness (QED) is 0.758. The Balaban J connectivity index is 2.50. The monoisotopic (exact) mass is 208 g/mol. The maximum atomic E-state index is 10.9. The Kier molecular flexibility index (Phi) is 2.21. The first-order chi connectivity index (χ1) is 6.65. The molecule has 2 aromatic rings. The summed E-state index contributed by atoms with van der Waals surface area (Å²) in [5.74, 6) is 0.0990. The van der Waals surface area contributed by atoms with Gasteiger partial charge in [0, 0.05) is 6.42 Å². The number of hydrogen-bond donors (Lipinski definition) is 0. The SMILES string of the molecule is CC(=O)Cc1ccc2sc(=O)oc2c1. The number of hydrogen-bond acceptors (Lipinski definition) is 4. The predicted octanol–water partition coefficient (Wildman–Crippen LogP) is 1.99. The minimum Gasteiger partial charge on any atom is -0.414 e. The van der Waals surface area contributed by atoms with Gasteiger partial charge in [0.15, 0.2) is 0 Å². The lowest BCUT2D eigenvalue weighted by atomic mass is 10.1. The summed E-state index contributed by atoms with van der Waals surface area (Å²) in [5, 5.41) is 0. The third kappa shape index (κ3) is 1.75. The van der Waals surface area contributed by atoms with E-state index >= 15 is 0 Å². The summed E-state index contributed by atoms with van der Waals surface area (Å²) in [6.07, 6.45) is 0.384. The second kappa shape index (κ2) is 3.38. The molecule has 1 aromatic heterocycles. The maximum absolute atomic E-state index is 10.9. The van der Waals surface area contributed by atoms with Crippen LogP contribution < -0.4 is 4.94 Å². The average molecular weight is 208 g/mol. The van der Waals surface area contributed by atoms with Crippen LogP contribution in [0, 0.1) is 0 Å². The predicted molar refractivity (Wildman–Crippen MR) is 54.7 cm³/mol. The van der Waals surface area contributed by atoms with Crippen molar-refractivity contribution in [1.82, 2.24) is 0 Å². The second-order valence-electron chi connectivity index (χ2n) is 3.11. The molecule has 3 nitrogen and oxygen atoms in total. The Bertz CT molecular complexity index is 536. The van der Waals surface area contributed by atoms with Gasteiger partial charge in [-0.3, -0.25) is 4.79 Å². The van der Waals surface area contributed by atoms with Gasteiger partial charge in [-0.05, 0) is 24.6 Å². The Morgan fingerprint density at radius 1 is 1.50 bits per heavy atom. The van der Waals surface area contributed by atoms with Gasteiger partial charge in [0.25, 0.3) is 0 Å². The molecule has 0 aliphatic heterocycles. The third-order valence-corrected chi connectivity index (χ3v) is 2.65. The number of carbonyl (C=O) groups excluding carboxylic acids is 1. The van der Waals surface area contributed by atoms with E-state index in [4.69, 9.17) is 4.42 Å². The highest BCUT2D eigenvalue weighted by Crippen LogP contribution is 2.18. The highest BCUT2D eigenvalue weighted by Gasteiger charge is 2.04. The number of benzene rings is 1. The molecule has 0 amide bonds. The lowest BCUT2D eigenvalue weighted by Gasteiger charge is -1.95. The minimum absolute atomic E-state index is 0.0990. The summed E-state index contributed by atoms with van der Waals surface area (Å²) in [6.45, 7) is 1.54. The molecule has 0 saturated heterocycles. The molecule has 14 heavy (non-hydrogen) atoms. The van der Waals surface area contributed by atoms with Crippen molar-refractivity contribution in [2.45, 2.75) is 13.3 Å². The fraction of sp³-hybridized carbons (Fsp3) is 0.200. The van der Waals surface area contributed by atoms with Crippen LogP contribution in [0.1, 0.15) is 12.5 Å². The number of ketones is 1. The van der Waals surface area contributed by atoms with Gasteiger partial charge in [-0.25, -0.2) is 4.79 Å². The van der Waals surface area contributed by atoms with E-state index in [1.54, 1.807) is 6.07 Å². The van der Waals surface area contributed by atoms with Crippen molar-refractivity contribution in [2.24, 2.45) is 0 Å². The molecular formula is C10H8O3S. The Morgan fingerprint density at radius 3 is 3.00 bits per heavy atom. The van der Waals surface area contributed by atoms with Crippen LogP contribution in [0.3, 0.4) is 0 Å². The highest BCUT2D eigenvalue weighted by molar-refractivity contribution is 7.16. The zero-order valence-electron chi connectivity index (χ0n) is 7.57. The van der Waals surface area contributed by atoms with Gasteiger partial charge >= 0.3 is 4.94 Å². The van der Waals surface area contributed by atoms with Crippen molar-refractivity contribution >= 4 is 27.4 Å². The second-order valence-corrected chi connectivity index (χ2v) is 4.09. The van der Waals surface area contributed by atoms with E-state index in [1.807, 2.05) is 12.1 Å². The van der Waals surface area contributed by atoms with Crippen molar-refractivity contribution in [3.8, 4) is 0 Å². The molecule has 0 aliphatic rings. The average Bonchev–Trinajstić information content (AvgIpc) is 2.42. The Labute approximate surface area is 84.0 Å². The summed E-state index contributed by atoms with van der Waals surface area (Å²) in [6, 6.07) is 5.40. The normalized spacial score (nSPS) is 10.6. The third-order valence-electron chi connectivity index (χ3n) is 1.85. The van der Waals surface area contributed by atoms with Crippen LogP contribution in [0.25, 0.3) is 10.3 Å². The minimum atomic E-state index is -0.306. The van der Waals surface area contributed by atoms with Gasteiger partial charge in [-0.15, -0.1) is 0 Å². The fourth-order valence-corrected chi connectivity index (χ4v) is 1.96. The van der Waals surface area contributed by atoms with Crippen LogP contribution in [0.4, 0.5) is 0 Å². The molecule has 0 saturated carbocycles. The molecule has 0 radical (unpaired) electrons. The van der Waals surface area contributed by atoms with Crippen molar-refractivity contribution in [3.63, 3.8) is 0 Å². The summed E-state index contributed by atoms with van der Waals surface area (Å²) in [4.78, 5) is 21.5. The van der Waals surface area contributed by atoms with E-state index in [2.05, 4.69) is 0 Å². The lowest BCUT2D eigenvalue weighted by Crippen LogP contribution is -1.95. The van der Waals surface area contributed by atoms with Gasteiger partial charge in [0.1, 0.15) is 11.4 Å². The number of rotatable bonds is 2. The van der Waals surface area contributed by atoms with E-state index in [9.17, 15) is 9.59 Å². The van der Waals surface area contributed by atoms with E-state index < -0.39 is 0 Å². The van der Waals surface area contributed by atoms with Crippen molar-refractivity contribution in [3.05, 3.63) is 33.5 Å². The molecule has 0 fully saturated rings. The molecule has 4 heteroatoms. The van der Waals surface area contributed by atoms with Crippen LogP contribution in [0.2, 0.25) is 0 Å². The topological polar surface area (TPSA) is 47.3 Å². The van der Waals surface area contributed by atoms with Crippen molar-refractivity contribution in [1.29, 1.82) is 0 Å². The Hall–Kier alpha value is -1.42. The van der Waals surface area contributed by atoms with E-state index in [0.29, 0.717) is 12.0 Å². The van der Waals surface area contributed by atoms with Gasteiger partial charge < -0.3 is 4.42 Å². The van der Waals surface area contributed by atoms with Crippen LogP contribution in [0.15, 0.2) is 27.4 Å². The zero-order chi connectivity index (χ0) is 10.1. The molecule has 0 N–H and O–H groups in total. The largest absolute Gasteiger partial charge is 0.414 e. The van der Waals surface area contributed by atoms with Crippen LogP contribution in [-0.4, -0.2) is 5.78 Å². The molecule has 2 rings (SSSR count). The van der Waals surface area contributed by atoms with Crippen molar-refractivity contribution < 1.29 is 9.21 Å². The first-order valence-electron chi connectivity index (χ1n) is 4.17. The van der Waals surface area contributed by atoms with Gasteiger partial charge in [-0.1, -0.05) is 17.4 Å². The number of Topliss-reactive ketones (excluding diaryl/α,β-unsaturated/α-hetero) is 1. The number of fused-ring (bicyclic) bond motifs is 1. The Morgan fingerprint density at radius 2 is 2.29 bits per heavy atom.